The van der Waals surface area contributed by atoms with Crippen molar-refractivity contribution in [3.8, 4) is 5.75 Å². The molecule has 1 aromatic carbocycles. The van der Waals surface area contributed by atoms with Crippen molar-refractivity contribution in [1.82, 2.24) is 0 Å². The summed E-state index contributed by atoms with van der Waals surface area (Å²) in [5.74, 6) is 0.684. The first-order chi connectivity index (χ1) is 7.27. The van der Waals surface area contributed by atoms with Crippen LogP contribution < -0.4 is 10.5 Å². The number of nitrogen functional groups attached to an aromatic ring is 1. The van der Waals surface area contributed by atoms with Crippen molar-refractivity contribution in [3.63, 3.8) is 0 Å². The van der Waals surface area contributed by atoms with Gasteiger partial charge in [0.15, 0.2) is 0 Å². The first-order valence-corrected chi connectivity index (χ1v) is 5.46. The topological polar surface area (TPSA) is 55.5 Å². The molecule has 1 aromatic rings. The summed E-state index contributed by atoms with van der Waals surface area (Å²) >= 11 is 0. The van der Waals surface area contributed by atoms with E-state index in [4.69, 9.17) is 10.5 Å². The van der Waals surface area contributed by atoms with Gasteiger partial charge in [-0.15, -0.1) is 0 Å². The third-order valence-electron chi connectivity index (χ3n) is 2.87. The Bertz CT molecular complexity index is 327. The first kappa shape index (κ1) is 10.3. The summed E-state index contributed by atoms with van der Waals surface area (Å²) in [4.78, 5) is 0. The van der Waals surface area contributed by atoms with Crippen LogP contribution >= 0.6 is 0 Å². The Hall–Kier alpha value is -1.22. The third kappa shape index (κ3) is 2.42. The van der Waals surface area contributed by atoms with Crippen molar-refractivity contribution in [2.45, 2.75) is 37.9 Å². The molecule has 0 saturated heterocycles. The number of para-hydroxylation sites is 2. The third-order valence-corrected chi connectivity index (χ3v) is 2.87. The number of anilines is 1. The van der Waals surface area contributed by atoms with E-state index < -0.39 is 0 Å². The lowest BCUT2D eigenvalue weighted by Gasteiger charge is -2.28. The molecule has 1 fully saturated rings. The molecule has 1 aliphatic carbocycles. The van der Waals surface area contributed by atoms with Gasteiger partial charge in [-0.1, -0.05) is 18.6 Å². The highest BCUT2D eigenvalue weighted by Crippen LogP contribution is 2.27. The van der Waals surface area contributed by atoms with E-state index in [2.05, 4.69) is 0 Å². The molecule has 0 heterocycles. The second-order valence-corrected chi connectivity index (χ2v) is 4.05. The number of hydrogen-bond donors (Lipinski definition) is 2. The average molecular weight is 207 g/mol. The molecule has 82 valence electrons. The van der Waals surface area contributed by atoms with Crippen molar-refractivity contribution < 1.29 is 9.84 Å². The molecule has 0 spiro atoms. The van der Waals surface area contributed by atoms with Gasteiger partial charge in [0.2, 0.25) is 0 Å². The van der Waals surface area contributed by atoms with E-state index in [1.807, 2.05) is 24.3 Å². The minimum atomic E-state index is -0.349. The highest BCUT2D eigenvalue weighted by Gasteiger charge is 2.24. The fourth-order valence-corrected chi connectivity index (χ4v) is 1.97. The van der Waals surface area contributed by atoms with Gasteiger partial charge in [0.1, 0.15) is 11.9 Å². The minimum Gasteiger partial charge on any atom is -0.486 e. The quantitative estimate of drug-likeness (QED) is 0.729. The number of nitrogens with two attached hydrogens (primary N) is 1. The largest absolute Gasteiger partial charge is 0.486 e. The van der Waals surface area contributed by atoms with Gasteiger partial charge in [-0.3, -0.25) is 0 Å². The van der Waals surface area contributed by atoms with Crippen LogP contribution in [0, 0.1) is 0 Å². The van der Waals surface area contributed by atoms with Crippen molar-refractivity contribution in [2.24, 2.45) is 0 Å². The van der Waals surface area contributed by atoms with Crippen LogP contribution in [0.3, 0.4) is 0 Å². The molecule has 1 aliphatic rings. The number of ether oxygens (including phenoxy) is 1. The smallest absolute Gasteiger partial charge is 0.142 e. The van der Waals surface area contributed by atoms with Gasteiger partial charge in [0.25, 0.3) is 0 Å². The maximum absolute atomic E-state index is 9.76. The molecule has 3 N–H and O–H groups in total. The fraction of sp³-hybridized carbons (Fsp3) is 0.500. The van der Waals surface area contributed by atoms with Crippen LogP contribution in [-0.4, -0.2) is 17.3 Å². The molecular formula is C12H17NO2. The van der Waals surface area contributed by atoms with E-state index in [1.165, 1.54) is 0 Å². The van der Waals surface area contributed by atoms with E-state index in [9.17, 15) is 5.11 Å². The molecule has 2 rings (SSSR count). The Balaban J connectivity index is 2.04. The molecule has 2 unspecified atom stereocenters. The van der Waals surface area contributed by atoms with E-state index in [0.717, 1.165) is 25.7 Å². The van der Waals surface area contributed by atoms with E-state index in [0.29, 0.717) is 11.4 Å². The second kappa shape index (κ2) is 4.53. The Morgan fingerprint density at radius 2 is 1.93 bits per heavy atom. The van der Waals surface area contributed by atoms with Crippen molar-refractivity contribution in [2.75, 3.05) is 5.73 Å². The molecule has 0 aliphatic heterocycles. The molecule has 3 heteroatoms. The Kier molecular flexibility index (Phi) is 3.11. The van der Waals surface area contributed by atoms with Crippen LogP contribution in [-0.2, 0) is 0 Å². The van der Waals surface area contributed by atoms with Gasteiger partial charge >= 0.3 is 0 Å². The van der Waals surface area contributed by atoms with Crippen LogP contribution in [0.2, 0.25) is 0 Å². The molecule has 3 nitrogen and oxygen atoms in total. The molecule has 2 atom stereocenters. The van der Waals surface area contributed by atoms with Gasteiger partial charge in [0, 0.05) is 0 Å². The fourth-order valence-electron chi connectivity index (χ4n) is 1.97. The van der Waals surface area contributed by atoms with Crippen LogP contribution in [0.5, 0.6) is 5.75 Å². The number of hydrogen-bond acceptors (Lipinski definition) is 3. The molecular weight excluding hydrogens is 190 g/mol. The normalized spacial score (nSPS) is 26.2. The van der Waals surface area contributed by atoms with Crippen molar-refractivity contribution in [3.05, 3.63) is 24.3 Å². The summed E-state index contributed by atoms with van der Waals surface area (Å²) in [5, 5.41) is 9.76. The monoisotopic (exact) mass is 207 g/mol. The number of aliphatic hydroxyl groups is 1. The summed E-state index contributed by atoms with van der Waals surface area (Å²) < 4.78 is 5.72. The van der Waals surface area contributed by atoms with E-state index in [-0.39, 0.29) is 12.2 Å². The van der Waals surface area contributed by atoms with Gasteiger partial charge in [0.05, 0.1) is 11.8 Å². The van der Waals surface area contributed by atoms with Gasteiger partial charge in [-0.05, 0) is 31.4 Å². The zero-order chi connectivity index (χ0) is 10.7. The van der Waals surface area contributed by atoms with Crippen molar-refractivity contribution in [1.29, 1.82) is 0 Å². The van der Waals surface area contributed by atoms with Crippen molar-refractivity contribution >= 4 is 5.69 Å². The Labute approximate surface area is 89.9 Å². The molecule has 0 amide bonds. The maximum Gasteiger partial charge on any atom is 0.142 e. The molecule has 15 heavy (non-hydrogen) atoms. The molecule has 1 saturated carbocycles. The Morgan fingerprint density at radius 3 is 2.67 bits per heavy atom. The SMILES string of the molecule is Nc1ccccc1OC1CCCCC1O. The average Bonchev–Trinajstić information content (AvgIpc) is 2.24. The number of benzene rings is 1. The predicted octanol–water partition coefficient (Wildman–Crippen LogP) is 1.95. The lowest BCUT2D eigenvalue weighted by Crippen LogP contribution is -2.34. The highest BCUT2D eigenvalue weighted by molar-refractivity contribution is 5.51. The summed E-state index contributed by atoms with van der Waals surface area (Å²) in [6.45, 7) is 0. The molecule has 0 bridgehead atoms. The summed E-state index contributed by atoms with van der Waals surface area (Å²) in [7, 11) is 0. The highest BCUT2D eigenvalue weighted by atomic mass is 16.5. The van der Waals surface area contributed by atoms with Gasteiger partial charge in [-0.2, -0.15) is 0 Å². The maximum atomic E-state index is 9.76. The van der Waals surface area contributed by atoms with Gasteiger partial charge < -0.3 is 15.6 Å². The summed E-state index contributed by atoms with van der Waals surface area (Å²) in [5.41, 5.74) is 6.41. The van der Waals surface area contributed by atoms with E-state index in [1.54, 1.807) is 0 Å². The van der Waals surface area contributed by atoms with Gasteiger partial charge in [-0.25, -0.2) is 0 Å². The van der Waals surface area contributed by atoms with Crippen LogP contribution in [0.1, 0.15) is 25.7 Å². The standard InChI is InChI=1S/C12H17NO2/c13-9-5-1-3-7-11(9)15-12-8-4-2-6-10(12)14/h1,3,5,7,10,12,14H,2,4,6,8,13H2. The first-order valence-electron chi connectivity index (χ1n) is 5.46. The Morgan fingerprint density at radius 1 is 1.20 bits per heavy atom. The molecule has 0 aromatic heterocycles. The number of aliphatic hydroxyl groups excluding tert-OH is 1. The zero-order valence-electron chi connectivity index (χ0n) is 8.73. The zero-order valence-corrected chi connectivity index (χ0v) is 8.73. The predicted molar refractivity (Wildman–Crippen MR) is 59.7 cm³/mol. The summed E-state index contributed by atoms with van der Waals surface area (Å²) in [6, 6.07) is 7.42. The van der Waals surface area contributed by atoms with Crippen LogP contribution in [0.15, 0.2) is 24.3 Å². The second-order valence-electron chi connectivity index (χ2n) is 4.05. The number of rotatable bonds is 2. The van der Waals surface area contributed by atoms with Crippen LogP contribution in [0.4, 0.5) is 5.69 Å². The summed E-state index contributed by atoms with van der Waals surface area (Å²) in [6.07, 6.45) is 3.51. The minimum absolute atomic E-state index is 0.0940. The lowest BCUT2D eigenvalue weighted by molar-refractivity contribution is 0.00728. The lowest BCUT2D eigenvalue weighted by atomic mass is 9.95. The molecule has 0 radical (unpaired) electrons. The van der Waals surface area contributed by atoms with E-state index >= 15 is 0 Å². The van der Waals surface area contributed by atoms with Crippen LogP contribution in [0.25, 0.3) is 0 Å².